The van der Waals surface area contributed by atoms with Crippen LogP contribution in [0.25, 0.3) is 0 Å². The summed E-state index contributed by atoms with van der Waals surface area (Å²) in [5, 5.41) is 3.52. The molecule has 33 heavy (non-hydrogen) atoms. The van der Waals surface area contributed by atoms with Crippen molar-refractivity contribution in [1.82, 2.24) is 15.2 Å². The number of aromatic nitrogens is 1. The van der Waals surface area contributed by atoms with E-state index >= 15 is 0 Å². The molecule has 2 amide bonds. The van der Waals surface area contributed by atoms with Crippen LogP contribution in [0.2, 0.25) is 5.02 Å². The Hall–Kier alpha value is -3.18. The summed E-state index contributed by atoms with van der Waals surface area (Å²) in [6.45, 7) is 5.67. The van der Waals surface area contributed by atoms with Crippen LogP contribution in [0, 0.1) is 13.8 Å². The number of benzene rings is 2. The average Bonchev–Trinajstić information content (AvgIpc) is 2.83. The molecule has 6 heteroatoms. The van der Waals surface area contributed by atoms with E-state index < -0.39 is 0 Å². The lowest BCUT2D eigenvalue weighted by molar-refractivity contribution is 0.0710. The van der Waals surface area contributed by atoms with Gasteiger partial charge >= 0.3 is 0 Å². The Bertz CT molecular complexity index is 1170. The summed E-state index contributed by atoms with van der Waals surface area (Å²) in [6, 6.07) is 18.9. The number of nitrogens with one attached hydrogen (secondary N) is 1. The molecule has 0 unspecified atom stereocenters. The fourth-order valence-electron chi connectivity index (χ4n) is 4.32. The molecular weight excluding hydrogens is 434 g/mol. The minimum atomic E-state index is -0.115. The average molecular weight is 462 g/mol. The molecule has 1 fully saturated rings. The highest BCUT2D eigenvalue weighted by Gasteiger charge is 2.29. The third-order valence-electron chi connectivity index (χ3n) is 6.28. The van der Waals surface area contributed by atoms with Crippen LogP contribution in [-0.2, 0) is 6.54 Å². The van der Waals surface area contributed by atoms with E-state index in [9.17, 15) is 9.59 Å². The van der Waals surface area contributed by atoms with Gasteiger partial charge in [0.25, 0.3) is 11.8 Å². The van der Waals surface area contributed by atoms with Crippen LogP contribution in [-0.4, -0.2) is 34.8 Å². The van der Waals surface area contributed by atoms with Crippen LogP contribution in [0.15, 0.2) is 60.7 Å². The molecular formula is C27H28ClN3O2. The van der Waals surface area contributed by atoms with Gasteiger partial charge in [-0.3, -0.25) is 14.6 Å². The van der Waals surface area contributed by atoms with E-state index in [1.807, 2.05) is 67.3 Å². The van der Waals surface area contributed by atoms with Gasteiger partial charge < -0.3 is 10.2 Å². The first kappa shape index (κ1) is 23.0. The zero-order valence-electron chi connectivity index (χ0n) is 19.0. The fourth-order valence-corrected chi connectivity index (χ4v) is 4.54. The van der Waals surface area contributed by atoms with E-state index in [2.05, 4.69) is 5.32 Å². The van der Waals surface area contributed by atoms with Gasteiger partial charge in [0.15, 0.2) is 0 Å². The van der Waals surface area contributed by atoms with Crippen molar-refractivity contribution in [2.45, 2.75) is 39.2 Å². The fraction of sp³-hybridized carbons (Fsp3) is 0.296. The standard InChI is InChI=1S/C27H28ClN3O2/c1-18-7-3-4-8-21(18)17-29-26(32)23-12-11-19(2)30-25(23)20-13-15-31(16-14-20)27(33)22-9-5-6-10-24(22)28/h3-12,20H,13-17H2,1-2H3,(H,29,32). The number of pyridine rings is 1. The Morgan fingerprint density at radius 1 is 0.970 bits per heavy atom. The maximum absolute atomic E-state index is 13.1. The summed E-state index contributed by atoms with van der Waals surface area (Å²) in [4.78, 5) is 32.6. The highest BCUT2D eigenvalue weighted by molar-refractivity contribution is 6.33. The first-order chi connectivity index (χ1) is 15.9. The largest absolute Gasteiger partial charge is 0.348 e. The first-order valence-electron chi connectivity index (χ1n) is 11.3. The molecule has 5 nitrogen and oxygen atoms in total. The summed E-state index contributed by atoms with van der Waals surface area (Å²) in [7, 11) is 0. The summed E-state index contributed by atoms with van der Waals surface area (Å²) in [5.41, 5.74) is 5.10. The van der Waals surface area contributed by atoms with Crippen LogP contribution in [0.3, 0.4) is 0 Å². The van der Waals surface area contributed by atoms with E-state index in [0.717, 1.165) is 35.4 Å². The molecule has 1 N–H and O–H groups in total. The molecule has 170 valence electrons. The van der Waals surface area contributed by atoms with E-state index in [0.29, 0.717) is 35.8 Å². The summed E-state index contributed by atoms with van der Waals surface area (Å²) in [6.07, 6.45) is 1.51. The minimum Gasteiger partial charge on any atom is -0.348 e. The van der Waals surface area contributed by atoms with Crippen molar-refractivity contribution in [2.24, 2.45) is 0 Å². The Kier molecular flexibility index (Phi) is 7.09. The second-order valence-corrected chi connectivity index (χ2v) is 8.95. The highest BCUT2D eigenvalue weighted by atomic mass is 35.5. The third-order valence-corrected chi connectivity index (χ3v) is 6.61. The predicted octanol–water partition coefficient (Wildman–Crippen LogP) is 5.30. The van der Waals surface area contributed by atoms with Crippen LogP contribution in [0.5, 0.6) is 0 Å². The predicted molar refractivity (Wildman–Crippen MR) is 131 cm³/mol. The number of hydrogen-bond donors (Lipinski definition) is 1. The number of nitrogens with zero attached hydrogens (tertiary/aromatic N) is 2. The molecule has 4 rings (SSSR count). The zero-order valence-corrected chi connectivity index (χ0v) is 19.7. The Labute approximate surface area is 199 Å². The van der Waals surface area contributed by atoms with Gasteiger partial charge in [0.2, 0.25) is 0 Å². The van der Waals surface area contributed by atoms with Crippen molar-refractivity contribution >= 4 is 23.4 Å². The summed E-state index contributed by atoms with van der Waals surface area (Å²) < 4.78 is 0. The molecule has 2 heterocycles. The number of hydrogen-bond acceptors (Lipinski definition) is 3. The third kappa shape index (κ3) is 5.25. The second kappa shape index (κ2) is 10.2. The number of amides is 2. The smallest absolute Gasteiger partial charge is 0.255 e. The monoisotopic (exact) mass is 461 g/mol. The van der Waals surface area contributed by atoms with Gasteiger partial charge in [0.1, 0.15) is 0 Å². The number of halogens is 1. The molecule has 0 spiro atoms. The normalized spacial score (nSPS) is 14.2. The molecule has 3 aromatic rings. The Balaban J connectivity index is 1.46. The maximum atomic E-state index is 13.1. The van der Waals surface area contributed by atoms with Crippen molar-refractivity contribution in [3.05, 3.63) is 99.3 Å². The molecule has 0 bridgehead atoms. The van der Waals surface area contributed by atoms with Gasteiger partial charge in [-0.05, 0) is 62.1 Å². The van der Waals surface area contributed by atoms with Gasteiger partial charge in [-0.15, -0.1) is 0 Å². The van der Waals surface area contributed by atoms with Gasteiger partial charge in [-0.1, -0.05) is 48.0 Å². The van der Waals surface area contributed by atoms with Gasteiger partial charge in [0, 0.05) is 31.2 Å². The maximum Gasteiger partial charge on any atom is 0.255 e. The molecule has 1 aromatic heterocycles. The van der Waals surface area contributed by atoms with Crippen molar-refractivity contribution < 1.29 is 9.59 Å². The number of likely N-dealkylation sites (tertiary alicyclic amines) is 1. The van der Waals surface area contributed by atoms with E-state index in [1.165, 1.54) is 0 Å². The van der Waals surface area contributed by atoms with Crippen molar-refractivity contribution in [3.63, 3.8) is 0 Å². The SMILES string of the molecule is Cc1ccc(C(=O)NCc2ccccc2C)c(C2CCN(C(=O)c3ccccc3Cl)CC2)n1. The Morgan fingerprint density at radius 3 is 2.39 bits per heavy atom. The molecule has 0 aliphatic carbocycles. The van der Waals surface area contributed by atoms with E-state index in [1.54, 1.807) is 12.1 Å². The molecule has 1 aliphatic rings. The van der Waals surface area contributed by atoms with Crippen molar-refractivity contribution in [2.75, 3.05) is 13.1 Å². The highest BCUT2D eigenvalue weighted by Crippen LogP contribution is 2.31. The van der Waals surface area contributed by atoms with E-state index in [4.69, 9.17) is 16.6 Å². The number of aryl methyl sites for hydroxylation is 2. The van der Waals surface area contributed by atoms with Crippen LogP contribution in [0.4, 0.5) is 0 Å². The summed E-state index contributed by atoms with van der Waals surface area (Å²) in [5.74, 6) is -0.0396. The molecule has 2 aromatic carbocycles. The van der Waals surface area contributed by atoms with Crippen LogP contribution >= 0.6 is 11.6 Å². The molecule has 1 aliphatic heterocycles. The topological polar surface area (TPSA) is 62.3 Å². The number of carbonyl (C=O) groups excluding carboxylic acids is 2. The summed E-state index contributed by atoms with van der Waals surface area (Å²) >= 11 is 6.22. The number of carbonyl (C=O) groups is 2. The Morgan fingerprint density at radius 2 is 1.67 bits per heavy atom. The lowest BCUT2D eigenvalue weighted by atomic mass is 9.89. The molecule has 0 radical (unpaired) electrons. The van der Waals surface area contributed by atoms with Gasteiger partial charge in [0.05, 0.1) is 21.8 Å². The number of piperidine rings is 1. The van der Waals surface area contributed by atoms with Crippen molar-refractivity contribution in [3.8, 4) is 0 Å². The van der Waals surface area contributed by atoms with Crippen LogP contribution < -0.4 is 5.32 Å². The molecule has 1 saturated heterocycles. The quantitative estimate of drug-likeness (QED) is 0.560. The van der Waals surface area contributed by atoms with Gasteiger partial charge in [-0.25, -0.2) is 0 Å². The van der Waals surface area contributed by atoms with E-state index in [-0.39, 0.29) is 17.7 Å². The number of rotatable bonds is 5. The first-order valence-corrected chi connectivity index (χ1v) is 11.7. The molecule has 0 saturated carbocycles. The van der Waals surface area contributed by atoms with Crippen molar-refractivity contribution in [1.29, 1.82) is 0 Å². The van der Waals surface area contributed by atoms with Crippen LogP contribution in [0.1, 0.15) is 62.0 Å². The zero-order chi connectivity index (χ0) is 23.4. The second-order valence-electron chi connectivity index (χ2n) is 8.54. The lowest BCUT2D eigenvalue weighted by Gasteiger charge is -2.32. The van der Waals surface area contributed by atoms with Gasteiger partial charge in [-0.2, -0.15) is 0 Å². The lowest BCUT2D eigenvalue weighted by Crippen LogP contribution is -2.38. The minimum absolute atomic E-state index is 0.0487. The molecule has 0 atom stereocenters.